The molecule has 2 heteroatoms. The summed E-state index contributed by atoms with van der Waals surface area (Å²) in [4.78, 5) is 5.45. The topological polar surface area (TPSA) is 21.6 Å². The number of nitrogens with zero attached hydrogens (tertiary/aromatic N) is 1. The summed E-state index contributed by atoms with van der Waals surface area (Å²) >= 11 is 0. The predicted octanol–water partition coefficient (Wildman–Crippen LogP) is 4.03. The van der Waals surface area contributed by atoms with Gasteiger partial charge in [0.2, 0.25) is 0 Å². The minimum absolute atomic E-state index is 0.591. The molecular weight excluding hydrogens is 186 g/mol. The molecule has 0 N–H and O–H groups in total. The zero-order valence-electron chi connectivity index (χ0n) is 9.67. The second-order valence-corrected chi connectivity index (χ2v) is 4.62. The van der Waals surface area contributed by atoms with Gasteiger partial charge in [0.25, 0.3) is 0 Å². The molecule has 0 saturated heterocycles. The highest BCUT2D eigenvalue weighted by Gasteiger charge is 2.22. The summed E-state index contributed by atoms with van der Waals surface area (Å²) < 4.78 is 0. The highest BCUT2D eigenvalue weighted by Crippen LogP contribution is 2.28. The molecule has 0 aromatic heterocycles. The number of oxime groups is 1. The van der Waals surface area contributed by atoms with E-state index in [9.17, 15) is 0 Å². The van der Waals surface area contributed by atoms with Crippen LogP contribution in [0, 0.1) is 5.92 Å². The SMILES string of the molecule is CCCCC1=CC2CCCCCC2=NO1. The Bertz CT molecular complexity index is 268. The molecule has 1 aliphatic carbocycles. The van der Waals surface area contributed by atoms with Crippen LogP contribution >= 0.6 is 0 Å². The zero-order valence-corrected chi connectivity index (χ0v) is 9.67. The third-order valence-corrected chi connectivity index (χ3v) is 3.32. The number of unbranched alkanes of at least 4 members (excludes halogenated alkanes) is 1. The van der Waals surface area contributed by atoms with E-state index < -0.39 is 0 Å². The molecule has 1 aliphatic heterocycles. The summed E-state index contributed by atoms with van der Waals surface area (Å²) in [5.74, 6) is 1.70. The van der Waals surface area contributed by atoms with E-state index in [4.69, 9.17) is 4.84 Å². The normalized spacial score (nSPS) is 25.8. The Morgan fingerprint density at radius 1 is 1.40 bits per heavy atom. The first kappa shape index (κ1) is 10.7. The third-order valence-electron chi connectivity index (χ3n) is 3.32. The van der Waals surface area contributed by atoms with Gasteiger partial charge >= 0.3 is 0 Å². The molecule has 15 heavy (non-hydrogen) atoms. The molecule has 1 saturated carbocycles. The van der Waals surface area contributed by atoms with E-state index >= 15 is 0 Å². The molecule has 0 bridgehead atoms. The summed E-state index contributed by atoms with van der Waals surface area (Å²) in [6.07, 6.45) is 12.2. The molecule has 1 unspecified atom stereocenters. The van der Waals surface area contributed by atoms with Gasteiger partial charge in [0.05, 0.1) is 5.71 Å². The van der Waals surface area contributed by atoms with Gasteiger partial charge in [-0.2, -0.15) is 0 Å². The number of hydrogen-bond donors (Lipinski definition) is 0. The molecule has 2 rings (SSSR count). The fourth-order valence-corrected chi connectivity index (χ4v) is 2.34. The number of allylic oxidation sites excluding steroid dienone is 2. The van der Waals surface area contributed by atoms with Gasteiger partial charge in [-0.3, -0.25) is 0 Å². The Morgan fingerprint density at radius 2 is 2.33 bits per heavy atom. The molecule has 0 aromatic rings. The molecular formula is C13H21NO. The van der Waals surface area contributed by atoms with Gasteiger partial charge in [0.1, 0.15) is 5.76 Å². The van der Waals surface area contributed by atoms with Gasteiger partial charge < -0.3 is 4.84 Å². The van der Waals surface area contributed by atoms with Crippen molar-refractivity contribution in [1.82, 2.24) is 0 Å². The second kappa shape index (κ2) is 5.34. The Kier molecular flexibility index (Phi) is 3.81. The maximum Gasteiger partial charge on any atom is 0.131 e. The van der Waals surface area contributed by atoms with Crippen molar-refractivity contribution in [2.75, 3.05) is 0 Å². The summed E-state index contributed by atoms with van der Waals surface area (Å²) in [5, 5.41) is 4.29. The van der Waals surface area contributed by atoms with Crippen LogP contribution in [-0.4, -0.2) is 5.71 Å². The maximum atomic E-state index is 5.45. The quantitative estimate of drug-likeness (QED) is 0.684. The molecule has 2 aliphatic rings. The van der Waals surface area contributed by atoms with Crippen molar-refractivity contribution in [3.8, 4) is 0 Å². The van der Waals surface area contributed by atoms with Crippen LogP contribution < -0.4 is 0 Å². The molecule has 84 valence electrons. The molecule has 0 radical (unpaired) electrons. The van der Waals surface area contributed by atoms with Crippen LogP contribution in [0.15, 0.2) is 17.0 Å². The van der Waals surface area contributed by atoms with Crippen molar-refractivity contribution >= 4 is 5.71 Å². The van der Waals surface area contributed by atoms with Gasteiger partial charge in [0.15, 0.2) is 0 Å². The maximum absolute atomic E-state index is 5.45. The summed E-state index contributed by atoms with van der Waals surface area (Å²) in [7, 11) is 0. The van der Waals surface area contributed by atoms with Crippen molar-refractivity contribution in [1.29, 1.82) is 0 Å². The number of rotatable bonds is 3. The molecule has 0 spiro atoms. The van der Waals surface area contributed by atoms with Crippen LogP contribution in [0.3, 0.4) is 0 Å². The fraction of sp³-hybridized carbons (Fsp3) is 0.769. The second-order valence-electron chi connectivity index (χ2n) is 4.62. The Morgan fingerprint density at radius 3 is 3.20 bits per heavy atom. The van der Waals surface area contributed by atoms with Crippen molar-refractivity contribution < 1.29 is 4.84 Å². The van der Waals surface area contributed by atoms with E-state index in [-0.39, 0.29) is 0 Å². The van der Waals surface area contributed by atoms with E-state index in [1.165, 1.54) is 44.2 Å². The Hall–Kier alpha value is -0.790. The van der Waals surface area contributed by atoms with Crippen LogP contribution in [0.1, 0.15) is 58.3 Å². The molecule has 2 nitrogen and oxygen atoms in total. The minimum atomic E-state index is 0.591. The highest BCUT2D eigenvalue weighted by atomic mass is 16.6. The lowest BCUT2D eigenvalue weighted by atomic mass is 9.96. The standard InChI is InChI=1S/C13H21NO/c1-2-3-8-12-10-11-7-5-4-6-9-13(11)14-15-12/h10-11H,2-9H2,1H3. The lowest BCUT2D eigenvalue weighted by molar-refractivity contribution is 0.202. The van der Waals surface area contributed by atoms with Crippen LogP contribution in [0.25, 0.3) is 0 Å². The fourth-order valence-electron chi connectivity index (χ4n) is 2.34. The van der Waals surface area contributed by atoms with Crippen molar-refractivity contribution in [2.45, 2.75) is 58.3 Å². The lowest BCUT2D eigenvalue weighted by Gasteiger charge is -2.19. The van der Waals surface area contributed by atoms with E-state index in [0.29, 0.717) is 5.92 Å². The van der Waals surface area contributed by atoms with Crippen LogP contribution in [0.4, 0.5) is 0 Å². The van der Waals surface area contributed by atoms with Crippen LogP contribution in [0.5, 0.6) is 0 Å². The minimum Gasteiger partial charge on any atom is -0.362 e. The first-order valence-corrected chi connectivity index (χ1v) is 6.34. The lowest BCUT2D eigenvalue weighted by Crippen LogP contribution is -2.15. The smallest absolute Gasteiger partial charge is 0.131 e. The van der Waals surface area contributed by atoms with Crippen molar-refractivity contribution in [3.05, 3.63) is 11.8 Å². The van der Waals surface area contributed by atoms with E-state index in [2.05, 4.69) is 18.2 Å². The van der Waals surface area contributed by atoms with Gasteiger partial charge in [0, 0.05) is 12.3 Å². The van der Waals surface area contributed by atoms with Gasteiger partial charge in [-0.1, -0.05) is 31.3 Å². The number of fused-ring (bicyclic) bond motifs is 1. The van der Waals surface area contributed by atoms with E-state index in [1.54, 1.807) is 0 Å². The van der Waals surface area contributed by atoms with Gasteiger partial charge in [-0.25, -0.2) is 0 Å². The van der Waals surface area contributed by atoms with Crippen LogP contribution in [0.2, 0.25) is 0 Å². The predicted molar refractivity (Wildman–Crippen MR) is 62.7 cm³/mol. The van der Waals surface area contributed by atoms with Crippen molar-refractivity contribution in [3.63, 3.8) is 0 Å². The largest absolute Gasteiger partial charge is 0.362 e. The Balaban J connectivity index is 1.96. The average Bonchev–Trinajstić information content (AvgIpc) is 2.50. The number of hydrogen-bond acceptors (Lipinski definition) is 2. The molecule has 0 amide bonds. The zero-order chi connectivity index (χ0) is 10.5. The average molecular weight is 207 g/mol. The Labute approximate surface area is 92.4 Å². The van der Waals surface area contributed by atoms with Crippen LogP contribution in [-0.2, 0) is 4.84 Å². The van der Waals surface area contributed by atoms with Crippen molar-refractivity contribution in [2.24, 2.45) is 11.1 Å². The van der Waals surface area contributed by atoms with E-state index in [0.717, 1.165) is 18.6 Å². The monoisotopic (exact) mass is 207 g/mol. The molecule has 1 fully saturated rings. The molecule has 1 heterocycles. The van der Waals surface area contributed by atoms with Gasteiger partial charge in [-0.05, 0) is 31.8 Å². The van der Waals surface area contributed by atoms with E-state index in [1.807, 2.05) is 0 Å². The third kappa shape index (κ3) is 2.83. The van der Waals surface area contributed by atoms with Gasteiger partial charge in [-0.15, -0.1) is 0 Å². The highest BCUT2D eigenvalue weighted by molar-refractivity contribution is 5.88. The summed E-state index contributed by atoms with van der Waals surface area (Å²) in [5.41, 5.74) is 1.28. The first-order valence-electron chi connectivity index (χ1n) is 6.34. The summed E-state index contributed by atoms with van der Waals surface area (Å²) in [6.45, 7) is 2.21. The molecule has 0 aromatic carbocycles. The first-order chi connectivity index (χ1) is 7.40. The molecule has 1 atom stereocenters. The summed E-state index contributed by atoms with van der Waals surface area (Å²) in [6, 6.07) is 0.